The van der Waals surface area contributed by atoms with Crippen molar-refractivity contribution in [2.45, 2.75) is 25.1 Å². The van der Waals surface area contributed by atoms with Gasteiger partial charge in [-0.1, -0.05) is 6.92 Å². The number of pyridine rings is 1. The van der Waals surface area contributed by atoms with Gasteiger partial charge in [0.05, 0.1) is 0 Å². The number of aromatic nitrogens is 1. The lowest BCUT2D eigenvalue weighted by Gasteiger charge is -2.39. The highest BCUT2D eigenvalue weighted by Crippen LogP contribution is 2.29. The summed E-state index contributed by atoms with van der Waals surface area (Å²) in [4.78, 5) is 6.55. The van der Waals surface area contributed by atoms with E-state index in [1.54, 1.807) is 6.20 Å². The molecule has 2 heterocycles. The molecule has 1 aliphatic rings. The van der Waals surface area contributed by atoms with Crippen LogP contribution in [-0.2, 0) is 0 Å². The summed E-state index contributed by atoms with van der Waals surface area (Å²) in [5.74, 6) is 7.27. The molecule has 0 bridgehead atoms. The first-order valence-corrected chi connectivity index (χ1v) is 6.58. The zero-order chi connectivity index (χ0) is 11.5. The van der Waals surface area contributed by atoms with Gasteiger partial charge in [-0.25, -0.2) is 10.8 Å². The van der Waals surface area contributed by atoms with E-state index >= 15 is 0 Å². The number of rotatable bonds is 2. The zero-order valence-corrected chi connectivity index (χ0v) is 10.5. The lowest BCUT2D eigenvalue weighted by molar-refractivity contribution is 0.627. The van der Waals surface area contributed by atoms with Crippen LogP contribution < -0.4 is 16.2 Å². The molecule has 0 amide bonds. The molecule has 1 saturated heterocycles. The lowest BCUT2D eigenvalue weighted by Crippen LogP contribution is -2.44. The third-order valence-corrected chi connectivity index (χ3v) is 4.44. The second-order valence-corrected chi connectivity index (χ2v) is 5.54. The highest BCUT2D eigenvalue weighted by atomic mass is 32.2. The molecule has 0 radical (unpaired) electrons. The maximum Gasteiger partial charge on any atom is 0.141 e. The smallest absolute Gasteiger partial charge is 0.141 e. The summed E-state index contributed by atoms with van der Waals surface area (Å²) in [6, 6.07) is 4.59. The molecule has 5 heteroatoms. The van der Waals surface area contributed by atoms with Crippen LogP contribution in [0.2, 0.25) is 0 Å². The Morgan fingerprint density at radius 1 is 1.56 bits per heavy atom. The first kappa shape index (κ1) is 11.5. The van der Waals surface area contributed by atoms with Gasteiger partial charge in [0.25, 0.3) is 0 Å². The Morgan fingerprint density at radius 3 is 3.12 bits per heavy atom. The minimum Gasteiger partial charge on any atom is -0.367 e. The fourth-order valence-corrected chi connectivity index (χ4v) is 3.07. The highest BCUT2D eigenvalue weighted by Gasteiger charge is 2.25. The van der Waals surface area contributed by atoms with E-state index in [2.05, 4.69) is 29.2 Å². The molecular weight excluding hydrogens is 220 g/mol. The zero-order valence-electron chi connectivity index (χ0n) is 9.68. The molecule has 1 aromatic rings. The summed E-state index contributed by atoms with van der Waals surface area (Å²) in [6.07, 6.45) is 1.80. The average Bonchev–Trinajstić information content (AvgIpc) is 2.33. The lowest BCUT2D eigenvalue weighted by atomic mass is 10.2. The van der Waals surface area contributed by atoms with E-state index in [0.29, 0.717) is 11.3 Å². The Kier molecular flexibility index (Phi) is 3.56. The second-order valence-electron chi connectivity index (χ2n) is 4.05. The molecular formula is C11H18N4S. The van der Waals surface area contributed by atoms with Gasteiger partial charge in [0.2, 0.25) is 0 Å². The largest absolute Gasteiger partial charge is 0.367 e. The van der Waals surface area contributed by atoms with Crippen LogP contribution in [0.3, 0.4) is 0 Å². The Balaban J connectivity index is 2.21. The highest BCUT2D eigenvalue weighted by molar-refractivity contribution is 8.00. The van der Waals surface area contributed by atoms with Gasteiger partial charge in [-0.2, -0.15) is 11.8 Å². The number of thioether (sulfide) groups is 1. The van der Waals surface area contributed by atoms with E-state index in [1.807, 2.05) is 23.9 Å². The van der Waals surface area contributed by atoms with Crippen LogP contribution in [0.1, 0.15) is 13.8 Å². The monoisotopic (exact) mass is 238 g/mol. The number of anilines is 2. The predicted octanol–water partition coefficient (Wildman–Crippen LogP) is 1.70. The van der Waals surface area contributed by atoms with Crippen molar-refractivity contribution in [2.75, 3.05) is 22.6 Å². The van der Waals surface area contributed by atoms with Gasteiger partial charge in [-0.05, 0) is 13.0 Å². The number of hydrazine groups is 1. The normalized spacial score (nSPS) is 25.6. The molecule has 0 aromatic carbocycles. The maximum atomic E-state index is 5.38. The molecule has 1 aliphatic heterocycles. The molecule has 2 unspecified atom stereocenters. The fraction of sp³-hybridized carbons (Fsp3) is 0.545. The molecule has 2 atom stereocenters. The van der Waals surface area contributed by atoms with Gasteiger partial charge in [-0.15, -0.1) is 0 Å². The predicted molar refractivity (Wildman–Crippen MR) is 70.8 cm³/mol. The summed E-state index contributed by atoms with van der Waals surface area (Å²) in [6.45, 7) is 5.64. The van der Waals surface area contributed by atoms with Crippen molar-refractivity contribution in [1.29, 1.82) is 0 Å². The third kappa shape index (κ3) is 2.25. The SMILES string of the molecule is CC1SCCN(c2ccnc(NN)c2)C1C. The molecule has 2 rings (SSSR count). The number of nitrogen functional groups attached to an aromatic ring is 1. The summed E-state index contributed by atoms with van der Waals surface area (Å²) < 4.78 is 0. The minimum absolute atomic E-state index is 0.548. The number of nitrogens with two attached hydrogens (primary N) is 1. The molecule has 88 valence electrons. The van der Waals surface area contributed by atoms with E-state index in [4.69, 9.17) is 5.84 Å². The van der Waals surface area contributed by atoms with Crippen LogP contribution in [0.4, 0.5) is 11.5 Å². The van der Waals surface area contributed by atoms with Gasteiger partial charge < -0.3 is 10.3 Å². The van der Waals surface area contributed by atoms with E-state index < -0.39 is 0 Å². The summed E-state index contributed by atoms with van der Waals surface area (Å²) in [5, 5.41) is 0.663. The van der Waals surface area contributed by atoms with E-state index in [0.717, 1.165) is 12.4 Å². The van der Waals surface area contributed by atoms with E-state index in [9.17, 15) is 0 Å². The molecule has 4 nitrogen and oxygen atoms in total. The molecule has 0 saturated carbocycles. The first-order chi connectivity index (χ1) is 7.72. The maximum absolute atomic E-state index is 5.38. The van der Waals surface area contributed by atoms with Crippen molar-refractivity contribution in [2.24, 2.45) is 5.84 Å². The minimum atomic E-state index is 0.548. The van der Waals surface area contributed by atoms with Crippen LogP contribution in [0.5, 0.6) is 0 Å². The van der Waals surface area contributed by atoms with Crippen LogP contribution in [0.25, 0.3) is 0 Å². The Labute approximate surface area is 101 Å². The van der Waals surface area contributed by atoms with Crippen LogP contribution in [0, 0.1) is 0 Å². The standard InChI is InChI=1S/C11H18N4S/c1-8-9(2)16-6-5-15(8)10-3-4-13-11(7-10)14-12/h3-4,7-9H,5-6,12H2,1-2H3,(H,13,14). The topological polar surface area (TPSA) is 54.2 Å². The van der Waals surface area contributed by atoms with Crippen molar-refractivity contribution in [3.63, 3.8) is 0 Å². The van der Waals surface area contributed by atoms with Gasteiger partial charge >= 0.3 is 0 Å². The number of nitrogens with zero attached hydrogens (tertiary/aromatic N) is 2. The summed E-state index contributed by atoms with van der Waals surface area (Å²) in [5.41, 5.74) is 3.79. The molecule has 16 heavy (non-hydrogen) atoms. The van der Waals surface area contributed by atoms with E-state index in [-0.39, 0.29) is 0 Å². The second kappa shape index (κ2) is 4.93. The van der Waals surface area contributed by atoms with Crippen molar-refractivity contribution in [1.82, 2.24) is 4.98 Å². The fourth-order valence-electron chi connectivity index (χ4n) is 1.97. The Bertz CT molecular complexity index is 358. The van der Waals surface area contributed by atoms with Gasteiger partial charge in [0, 0.05) is 41.5 Å². The molecule has 1 aromatic heterocycles. The van der Waals surface area contributed by atoms with Crippen LogP contribution >= 0.6 is 11.8 Å². The third-order valence-electron chi connectivity index (χ3n) is 3.11. The van der Waals surface area contributed by atoms with Crippen molar-refractivity contribution < 1.29 is 0 Å². The number of hydrogen-bond donors (Lipinski definition) is 2. The van der Waals surface area contributed by atoms with Gasteiger partial charge in [-0.3, -0.25) is 0 Å². The van der Waals surface area contributed by atoms with E-state index in [1.165, 1.54) is 11.4 Å². The molecule has 1 fully saturated rings. The molecule has 0 aliphatic carbocycles. The van der Waals surface area contributed by atoms with Crippen molar-refractivity contribution >= 4 is 23.3 Å². The molecule has 3 N–H and O–H groups in total. The van der Waals surface area contributed by atoms with Crippen LogP contribution in [0.15, 0.2) is 18.3 Å². The van der Waals surface area contributed by atoms with Crippen LogP contribution in [-0.4, -0.2) is 28.6 Å². The first-order valence-electron chi connectivity index (χ1n) is 5.53. The quantitative estimate of drug-likeness (QED) is 0.606. The average molecular weight is 238 g/mol. The summed E-state index contributed by atoms with van der Waals surface area (Å²) in [7, 11) is 0. The summed E-state index contributed by atoms with van der Waals surface area (Å²) >= 11 is 2.04. The number of nitrogens with one attached hydrogen (secondary N) is 1. The Morgan fingerprint density at radius 2 is 2.38 bits per heavy atom. The van der Waals surface area contributed by atoms with Gasteiger partial charge in [0.15, 0.2) is 0 Å². The van der Waals surface area contributed by atoms with Gasteiger partial charge in [0.1, 0.15) is 5.82 Å². The van der Waals surface area contributed by atoms with Crippen molar-refractivity contribution in [3.8, 4) is 0 Å². The van der Waals surface area contributed by atoms with Crippen molar-refractivity contribution in [3.05, 3.63) is 18.3 Å². The molecule has 0 spiro atoms. The Hall–Kier alpha value is -0.940. The number of hydrogen-bond acceptors (Lipinski definition) is 5.